The monoisotopic (exact) mass is 469 g/mol. The molecule has 0 N–H and O–H groups in total. The van der Waals surface area contributed by atoms with E-state index < -0.39 is 11.7 Å². The lowest BCUT2D eigenvalue weighted by atomic mass is 10.1. The first kappa shape index (κ1) is 16.5. The number of hydrogen-bond acceptors (Lipinski definition) is 2. The Morgan fingerprint density at radius 3 is 2.40 bits per heavy atom. The summed E-state index contributed by atoms with van der Waals surface area (Å²) in [5.41, 5.74) is 0.734. The van der Waals surface area contributed by atoms with E-state index in [1.165, 1.54) is 10.9 Å². The van der Waals surface area contributed by atoms with Gasteiger partial charge in [0.1, 0.15) is 11.0 Å². The average Bonchev–Trinajstić information content (AvgIpc) is 3.01. The smallest absolute Gasteiger partial charge is 0.166 e. The van der Waals surface area contributed by atoms with Crippen LogP contribution in [0.3, 0.4) is 0 Å². The maximum atomic E-state index is 12.9. The summed E-state index contributed by atoms with van der Waals surface area (Å²) in [5, 5.41) is 10.5. The van der Waals surface area contributed by atoms with Crippen LogP contribution in [0, 0.1) is 0 Å². The molecule has 0 saturated heterocycles. The van der Waals surface area contributed by atoms with E-state index in [2.05, 4.69) is 42.1 Å². The average molecular weight is 471 g/mol. The van der Waals surface area contributed by atoms with Crippen LogP contribution in [-0.2, 0) is 6.18 Å². The van der Waals surface area contributed by atoms with Crippen LogP contribution < -0.4 is 0 Å². The molecule has 0 radical (unpaired) electrons. The molecule has 4 rings (SSSR count). The van der Waals surface area contributed by atoms with E-state index >= 15 is 0 Å². The molecule has 0 fully saturated rings. The van der Waals surface area contributed by atoms with Gasteiger partial charge in [-0.1, -0.05) is 44.0 Å². The lowest BCUT2D eigenvalue weighted by molar-refractivity contribution is -0.137. The van der Waals surface area contributed by atoms with Gasteiger partial charge in [0.25, 0.3) is 0 Å². The summed E-state index contributed by atoms with van der Waals surface area (Å²) in [4.78, 5) is 1.23. The fraction of sp³-hybridized carbons (Fsp3) is 0.0588. The number of rotatable bonds is 1. The fourth-order valence-electron chi connectivity index (χ4n) is 2.66. The molecule has 0 aliphatic heterocycles. The highest BCUT2D eigenvalue weighted by molar-refractivity contribution is 9.11. The van der Waals surface area contributed by atoms with Crippen molar-refractivity contribution in [2.75, 3.05) is 0 Å². The number of benzene rings is 3. The summed E-state index contributed by atoms with van der Waals surface area (Å²) in [7, 11) is 0. The van der Waals surface area contributed by atoms with E-state index in [1.54, 1.807) is 12.1 Å². The summed E-state index contributed by atoms with van der Waals surface area (Å²) >= 11 is 7.01. The van der Waals surface area contributed by atoms with Crippen LogP contribution >= 0.6 is 31.9 Å². The van der Waals surface area contributed by atoms with E-state index in [9.17, 15) is 13.2 Å². The van der Waals surface area contributed by atoms with Crippen molar-refractivity contribution in [3.63, 3.8) is 0 Å². The standard InChI is InChI=1S/C17H8Br2F3N3/c18-12-5-6-13(19)15-11(12)4-7-14-16(15)24-25(23-14)10-3-1-2-9(8-10)17(20,21)22/h1-8H. The van der Waals surface area contributed by atoms with Crippen molar-refractivity contribution >= 4 is 53.7 Å². The van der Waals surface area contributed by atoms with Gasteiger partial charge in [0.05, 0.1) is 11.3 Å². The molecule has 0 bridgehead atoms. The van der Waals surface area contributed by atoms with E-state index in [-0.39, 0.29) is 5.69 Å². The Bertz CT molecular complexity index is 1120. The fourth-order valence-corrected chi connectivity index (χ4v) is 3.66. The Labute approximate surface area is 156 Å². The molecule has 0 unspecified atom stereocenters. The minimum absolute atomic E-state index is 0.255. The minimum Gasteiger partial charge on any atom is -0.166 e. The van der Waals surface area contributed by atoms with Gasteiger partial charge in [0.2, 0.25) is 0 Å². The van der Waals surface area contributed by atoms with Crippen molar-refractivity contribution in [2.45, 2.75) is 6.18 Å². The molecule has 1 aromatic heterocycles. The summed E-state index contributed by atoms with van der Waals surface area (Å²) in [6, 6.07) is 12.4. The molecule has 3 aromatic carbocycles. The van der Waals surface area contributed by atoms with Gasteiger partial charge in [-0.15, -0.1) is 10.2 Å². The van der Waals surface area contributed by atoms with E-state index in [4.69, 9.17) is 0 Å². The van der Waals surface area contributed by atoms with Crippen molar-refractivity contribution in [3.05, 3.63) is 63.0 Å². The van der Waals surface area contributed by atoms with Gasteiger partial charge in [-0.05, 0) is 41.8 Å². The number of alkyl halides is 3. The summed E-state index contributed by atoms with van der Waals surface area (Å²) in [6.45, 7) is 0. The second-order valence-corrected chi connectivity index (χ2v) is 7.13. The van der Waals surface area contributed by atoms with Gasteiger partial charge in [-0.2, -0.15) is 18.0 Å². The predicted octanol–water partition coefficient (Wildman–Crippen LogP) is 6.12. The maximum absolute atomic E-state index is 12.9. The number of aromatic nitrogens is 3. The Morgan fingerprint density at radius 1 is 0.880 bits per heavy atom. The topological polar surface area (TPSA) is 30.7 Å². The van der Waals surface area contributed by atoms with Gasteiger partial charge < -0.3 is 0 Å². The molecule has 0 aliphatic carbocycles. The van der Waals surface area contributed by atoms with Crippen LogP contribution in [0.25, 0.3) is 27.5 Å². The minimum atomic E-state index is -4.41. The summed E-state index contributed by atoms with van der Waals surface area (Å²) < 4.78 is 40.5. The lowest BCUT2D eigenvalue weighted by Gasteiger charge is -2.07. The molecule has 4 aromatic rings. The Balaban J connectivity index is 1.96. The highest BCUT2D eigenvalue weighted by Gasteiger charge is 2.30. The molecule has 3 nitrogen and oxygen atoms in total. The summed E-state index contributed by atoms with van der Waals surface area (Å²) in [5.74, 6) is 0. The van der Waals surface area contributed by atoms with E-state index in [0.29, 0.717) is 11.0 Å². The first-order chi connectivity index (χ1) is 11.8. The third-order valence-corrected chi connectivity index (χ3v) is 5.18. The van der Waals surface area contributed by atoms with Crippen molar-refractivity contribution in [1.29, 1.82) is 0 Å². The normalized spacial score (nSPS) is 12.2. The zero-order valence-corrected chi connectivity index (χ0v) is 15.5. The number of nitrogens with zero attached hydrogens (tertiary/aromatic N) is 3. The molecule has 0 amide bonds. The molecular weight excluding hydrogens is 463 g/mol. The van der Waals surface area contributed by atoms with E-state index in [1.807, 2.05) is 18.2 Å². The van der Waals surface area contributed by atoms with Gasteiger partial charge in [-0.25, -0.2) is 0 Å². The quantitative estimate of drug-likeness (QED) is 0.335. The second kappa shape index (κ2) is 5.81. The molecule has 0 atom stereocenters. The molecule has 8 heteroatoms. The lowest BCUT2D eigenvalue weighted by Crippen LogP contribution is -2.07. The third-order valence-electron chi connectivity index (χ3n) is 3.83. The van der Waals surface area contributed by atoms with Crippen LogP contribution in [0.4, 0.5) is 13.2 Å². The van der Waals surface area contributed by atoms with Crippen molar-refractivity contribution in [1.82, 2.24) is 15.0 Å². The number of hydrogen-bond donors (Lipinski definition) is 0. The maximum Gasteiger partial charge on any atom is 0.416 e. The zero-order chi connectivity index (χ0) is 17.8. The Kier molecular flexibility index (Phi) is 3.84. The molecule has 126 valence electrons. The first-order valence-corrected chi connectivity index (χ1v) is 8.74. The summed E-state index contributed by atoms with van der Waals surface area (Å²) in [6.07, 6.45) is -4.41. The SMILES string of the molecule is FC(F)(F)c1cccc(-n2nc3ccc4c(Br)ccc(Br)c4c3n2)c1. The van der Waals surface area contributed by atoms with Crippen molar-refractivity contribution < 1.29 is 13.2 Å². The molecule has 0 spiro atoms. The second-order valence-electron chi connectivity index (χ2n) is 5.42. The first-order valence-electron chi connectivity index (χ1n) is 7.16. The Hall–Kier alpha value is -1.93. The zero-order valence-electron chi connectivity index (χ0n) is 12.4. The molecule has 25 heavy (non-hydrogen) atoms. The van der Waals surface area contributed by atoms with Gasteiger partial charge in [0, 0.05) is 14.3 Å². The van der Waals surface area contributed by atoms with Crippen LogP contribution in [0.2, 0.25) is 0 Å². The van der Waals surface area contributed by atoms with Crippen molar-refractivity contribution in [2.24, 2.45) is 0 Å². The van der Waals surface area contributed by atoms with Crippen LogP contribution in [0.5, 0.6) is 0 Å². The number of halogens is 5. The van der Waals surface area contributed by atoms with Crippen LogP contribution in [-0.4, -0.2) is 15.0 Å². The van der Waals surface area contributed by atoms with Crippen LogP contribution in [0.1, 0.15) is 5.56 Å². The van der Waals surface area contributed by atoms with Gasteiger partial charge >= 0.3 is 6.18 Å². The molecule has 0 aliphatic rings. The highest BCUT2D eigenvalue weighted by Crippen LogP contribution is 2.35. The largest absolute Gasteiger partial charge is 0.416 e. The molecular formula is C17H8Br2F3N3. The van der Waals surface area contributed by atoms with Gasteiger partial charge in [0.15, 0.2) is 0 Å². The van der Waals surface area contributed by atoms with E-state index in [0.717, 1.165) is 31.9 Å². The molecule has 1 heterocycles. The highest BCUT2D eigenvalue weighted by atomic mass is 79.9. The molecule has 0 saturated carbocycles. The van der Waals surface area contributed by atoms with Gasteiger partial charge in [-0.3, -0.25) is 0 Å². The predicted molar refractivity (Wildman–Crippen MR) is 96.8 cm³/mol. The van der Waals surface area contributed by atoms with Crippen molar-refractivity contribution in [3.8, 4) is 5.69 Å². The number of fused-ring (bicyclic) bond motifs is 3. The third kappa shape index (κ3) is 2.83. The van der Waals surface area contributed by atoms with Crippen LogP contribution in [0.15, 0.2) is 57.5 Å². The Morgan fingerprint density at radius 2 is 1.64 bits per heavy atom.